The summed E-state index contributed by atoms with van der Waals surface area (Å²) < 4.78 is 2.21. The van der Waals surface area contributed by atoms with Gasteiger partial charge in [0.1, 0.15) is 11.5 Å². The van der Waals surface area contributed by atoms with Crippen LogP contribution in [0, 0.1) is 6.92 Å². The zero-order valence-electron chi connectivity index (χ0n) is 34.7. The van der Waals surface area contributed by atoms with Crippen molar-refractivity contribution < 1.29 is 0 Å². The Morgan fingerprint density at radius 1 is 0.460 bits per heavy atom. The molecule has 0 saturated carbocycles. The molecular formula is C59H40N4. The summed E-state index contributed by atoms with van der Waals surface area (Å²) in [7, 11) is 0. The molecule has 12 rings (SSSR count). The molecule has 10 aromatic carbocycles. The SMILES string of the molecule is C=C(c1ccc2cc(-c3c4ccccc4c(-c4ccc(-c5nc6ccccc6c6nc7ccccc7n56)cc4)c4ccccc34)ccc2c1)N(c1ccccc1)c1ccccc1C. The van der Waals surface area contributed by atoms with Crippen LogP contribution < -0.4 is 4.90 Å². The Balaban J connectivity index is 0.961. The molecule has 2 aromatic heterocycles. The molecule has 0 aliphatic rings. The first-order valence-corrected chi connectivity index (χ1v) is 21.4. The van der Waals surface area contributed by atoms with Crippen LogP contribution in [0.1, 0.15) is 11.1 Å². The third-order valence-electron chi connectivity index (χ3n) is 12.6. The average Bonchev–Trinajstić information content (AvgIpc) is 3.74. The average molecular weight is 805 g/mol. The van der Waals surface area contributed by atoms with Gasteiger partial charge in [0, 0.05) is 28.0 Å². The van der Waals surface area contributed by atoms with Crippen molar-refractivity contribution in [1.82, 2.24) is 14.4 Å². The van der Waals surface area contributed by atoms with Crippen molar-refractivity contribution in [2.24, 2.45) is 0 Å². The van der Waals surface area contributed by atoms with E-state index in [9.17, 15) is 0 Å². The number of imidazole rings is 1. The predicted octanol–water partition coefficient (Wildman–Crippen LogP) is 15.6. The molecule has 0 aliphatic heterocycles. The van der Waals surface area contributed by atoms with Crippen molar-refractivity contribution in [2.75, 3.05) is 4.90 Å². The van der Waals surface area contributed by atoms with Gasteiger partial charge in [0.15, 0.2) is 0 Å². The smallest absolute Gasteiger partial charge is 0.149 e. The molecule has 296 valence electrons. The van der Waals surface area contributed by atoms with Crippen LogP contribution in [0.2, 0.25) is 0 Å². The summed E-state index contributed by atoms with van der Waals surface area (Å²) in [5, 5.41) is 8.27. The fraction of sp³-hybridized carbons (Fsp3) is 0.0169. The number of para-hydroxylation sites is 5. The van der Waals surface area contributed by atoms with E-state index in [-0.39, 0.29) is 0 Å². The standard InChI is InChI=1S/C59H40N4/c1-38-16-6-14-26-54(38)62(46-17-4-3-5-18-46)39(2)42-32-33-44-37-45(35-34-43(44)36-42)57-49-21-9-7-19-47(49)56(48-20-8-10-22-50(48)57)40-28-30-41(31-29-40)58-60-52-24-12-11-23-51(52)59-61-53-25-13-15-27-55(53)63(58)59/h3-37H,2H2,1H3. The minimum atomic E-state index is 0.876. The summed E-state index contributed by atoms with van der Waals surface area (Å²) >= 11 is 0. The van der Waals surface area contributed by atoms with Crippen molar-refractivity contribution in [2.45, 2.75) is 6.92 Å². The molecule has 0 fully saturated rings. The van der Waals surface area contributed by atoms with Crippen molar-refractivity contribution in [1.29, 1.82) is 0 Å². The van der Waals surface area contributed by atoms with Gasteiger partial charge in [-0.25, -0.2) is 9.97 Å². The van der Waals surface area contributed by atoms with E-state index in [2.05, 4.69) is 223 Å². The first-order valence-electron chi connectivity index (χ1n) is 21.4. The fourth-order valence-corrected chi connectivity index (χ4v) is 9.62. The highest BCUT2D eigenvalue weighted by atomic mass is 15.1. The first-order chi connectivity index (χ1) is 31.1. The van der Waals surface area contributed by atoms with Gasteiger partial charge in [0.25, 0.3) is 0 Å². The molecule has 0 aliphatic carbocycles. The third-order valence-corrected chi connectivity index (χ3v) is 12.6. The Hall–Kier alpha value is -8.34. The van der Waals surface area contributed by atoms with Gasteiger partial charge in [0.2, 0.25) is 0 Å². The number of anilines is 2. The number of nitrogens with zero attached hydrogens (tertiary/aromatic N) is 4. The summed E-state index contributed by atoms with van der Waals surface area (Å²) in [6.07, 6.45) is 0. The van der Waals surface area contributed by atoms with E-state index in [1.807, 2.05) is 12.1 Å². The molecule has 4 heteroatoms. The highest BCUT2D eigenvalue weighted by molar-refractivity contribution is 6.21. The van der Waals surface area contributed by atoms with E-state index in [1.165, 1.54) is 54.6 Å². The van der Waals surface area contributed by atoms with Crippen LogP contribution in [0.3, 0.4) is 0 Å². The van der Waals surface area contributed by atoms with Crippen LogP contribution in [-0.2, 0) is 0 Å². The molecule has 0 unspecified atom stereocenters. The normalized spacial score (nSPS) is 11.6. The van der Waals surface area contributed by atoms with Gasteiger partial charge >= 0.3 is 0 Å². The van der Waals surface area contributed by atoms with Crippen molar-refractivity contribution in [3.05, 3.63) is 230 Å². The van der Waals surface area contributed by atoms with Crippen LogP contribution in [-0.4, -0.2) is 14.4 Å². The molecule has 0 spiro atoms. The van der Waals surface area contributed by atoms with E-state index < -0.39 is 0 Å². The summed E-state index contributed by atoms with van der Waals surface area (Å²) in [6.45, 7) is 6.82. The van der Waals surface area contributed by atoms with Gasteiger partial charge in [-0.1, -0.05) is 164 Å². The highest BCUT2D eigenvalue weighted by Crippen LogP contribution is 2.45. The maximum atomic E-state index is 5.23. The van der Waals surface area contributed by atoms with E-state index >= 15 is 0 Å². The number of aromatic nitrogens is 3. The van der Waals surface area contributed by atoms with Crippen LogP contribution in [0.4, 0.5) is 11.4 Å². The van der Waals surface area contributed by atoms with Gasteiger partial charge in [-0.3, -0.25) is 4.40 Å². The van der Waals surface area contributed by atoms with Gasteiger partial charge < -0.3 is 4.90 Å². The molecule has 0 N–H and O–H groups in total. The Labute approximate surface area is 365 Å². The van der Waals surface area contributed by atoms with E-state index in [4.69, 9.17) is 9.97 Å². The summed E-state index contributed by atoms with van der Waals surface area (Å²) in [6, 6.07) is 75.8. The zero-order chi connectivity index (χ0) is 42.0. The molecule has 0 saturated heterocycles. The van der Waals surface area contributed by atoms with E-state index in [0.717, 1.165) is 67.2 Å². The number of fused-ring (bicyclic) bond motifs is 8. The Morgan fingerprint density at radius 2 is 1.00 bits per heavy atom. The Kier molecular flexibility index (Phi) is 8.51. The highest BCUT2D eigenvalue weighted by Gasteiger charge is 2.20. The second-order valence-electron chi connectivity index (χ2n) is 16.3. The monoisotopic (exact) mass is 804 g/mol. The largest absolute Gasteiger partial charge is 0.310 e. The van der Waals surface area contributed by atoms with Gasteiger partial charge in [-0.15, -0.1) is 0 Å². The summed E-state index contributed by atoms with van der Waals surface area (Å²) in [5.41, 5.74) is 15.1. The Morgan fingerprint density at radius 3 is 1.71 bits per heavy atom. The lowest BCUT2D eigenvalue weighted by Crippen LogP contribution is -2.15. The maximum Gasteiger partial charge on any atom is 0.149 e. The topological polar surface area (TPSA) is 33.4 Å². The molecule has 2 heterocycles. The van der Waals surface area contributed by atoms with Crippen LogP contribution in [0.25, 0.3) is 99.2 Å². The predicted molar refractivity (Wildman–Crippen MR) is 266 cm³/mol. The molecule has 12 aromatic rings. The number of benzene rings is 10. The lowest BCUT2D eigenvalue weighted by molar-refractivity contribution is 1.16. The third kappa shape index (κ3) is 5.99. The van der Waals surface area contributed by atoms with Crippen LogP contribution >= 0.6 is 0 Å². The van der Waals surface area contributed by atoms with Gasteiger partial charge in [0.05, 0.1) is 16.6 Å². The van der Waals surface area contributed by atoms with Gasteiger partial charge in [-0.2, -0.15) is 0 Å². The lowest BCUT2D eigenvalue weighted by Gasteiger charge is -2.29. The second-order valence-corrected chi connectivity index (χ2v) is 16.3. The number of aryl methyl sites for hydroxylation is 1. The van der Waals surface area contributed by atoms with Crippen LogP contribution in [0.15, 0.2) is 219 Å². The number of hydrogen-bond acceptors (Lipinski definition) is 3. The van der Waals surface area contributed by atoms with E-state index in [1.54, 1.807) is 0 Å². The maximum absolute atomic E-state index is 5.23. The molecular weight excluding hydrogens is 765 g/mol. The lowest BCUT2D eigenvalue weighted by atomic mass is 9.85. The number of hydrogen-bond donors (Lipinski definition) is 0. The van der Waals surface area contributed by atoms with Gasteiger partial charge in [-0.05, 0) is 127 Å². The summed E-state index contributed by atoms with van der Waals surface area (Å²) in [4.78, 5) is 12.6. The molecule has 0 atom stereocenters. The zero-order valence-corrected chi connectivity index (χ0v) is 34.7. The second kappa shape index (κ2) is 14.7. The number of rotatable bonds is 7. The fourth-order valence-electron chi connectivity index (χ4n) is 9.62. The molecule has 63 heavy (non-hydrogen) atoms. The molecule has 4 nitrogen and oxygen atoms in total. The van der Waals surface area contributed by atoms with Crippen molar-refractivity contribution in [3.8, 4) is 33.6 Å². The van der Waals surface area contributed by atoms with Crippen molar-refractivity contribution >= 4 is 77.0 Å². The first kappa shape index (κ1) is 36.5. The molecule has 0 amide bonds. The minimum Gasteiger partial charge on any atom is -0.310 e. The van der Waals surface area contributed by atoms with Crippen molar-refractivity contribution in [3.63, 3.8) is 0 Å². The molecule has 0 bridgehead atoms. The quantitative estimate of drug-likeness (QED) is 0.150. The minimum absolute atomic E-state index is 0.876. The summed E-state index contributed by atoms with van der Waals surface area (Å²) in [5.74, 6) is 0.876. The van der Waals surface area contributed by atoms with Crippen LogP contribution in [0.5, 0.6) is 0 Å². The Bertz CT molecular complexity index is 3710. The van der Waals surface area contributed by atoms with E-state index in [0.29, 0.717) is 0 Å². The molecule has 0 radical (unpaired) electrons.